The zero-order valence-corrected chi connectivity index (χ0v) is 31.5. The highest BCUT2D eigenvalue weighted by atomic mass is 15.0. The van der Waals surface area contributed by atoms with Gasteiger partial charge in [-0.3, -0.25) is 0 Å². The number of para-hydroxylation sites is 2. The normalized spacial score (nSPS) is 16.1. The molecule has 2 heterocycles. The molecule has 12 rings (SSSR count). The lowest BCUT2D eigenvalue weighted by atomic mass is 9.68. The molecule has 0 aliphatic heterocycles. The van der Waals surface area contributed by atoms with Crippen molar-refractivity contribution < 1.29 is 0 Å². The van der Waals surface area contributed by atoms with Gasteiger partial charge in [0.1, 0.15) is 0 Å². The molecule has 56 heavy (non-hydrogen) atoms. The first-order chi connectivity index (χ1) is 27.7. The Labute approximate surface area is 327 Å². The third kappa shape index (κ3) is 4.62. The van der Waals surface area contributed by atoms with Crippen LogP contribution in [0.5, 0.6) is 0 Å². The smallest absolute Gasteiger partial charge is 0.0547 e. The molecule has 0 amide bonds. The molecule has 0 bridgehead atoms. The van der Waals surface area contributed by atoms with Crippen molar-refractivity contribution >= 4 is 54.9 Å². The van der Waals surface area contributed by atoms with E-state index >= 15 is 0 Å². The average Bonchev–Trinajstić information content (AvgIpc) is 3.87. The zero-order valence-electron chi connectivity index (χ0n) is 31.5. The molecular formula is C54H42N2. The second kappa shape index (κ2) is 12.3. The van der Waals surface area contributed by atoms with Crippen LogP contribution in [0.4, 0.5) is 0 Å². The fraction of sp³-hybridized carbons (Fsp3) is 0.148. The monoisotopic (exact) mass is 718 g/mol. The summed E-state index contributed by atoms with van der Waals surface area (Å²) in [4.78, 5) is 0. The molecule has 268 valence electrons. The Morgan fingerprint density at radius 2 is 1.07 bits per heavy atom. The molecular weight excluding hydrogens is 677 g/mol. The summed E-state index contributed by atoms with van der Waals surface area (Å²) in [6, 6.07) is 59.4. The molecule has 2 heteroatoms. The Morgan fingerprint density at radius 1 is 0.429 bits per heavy atom. The van der Waals surface area contributed by atoms with Gasteiger partial charge in [0, 0.05) is 38.3 Å². The van der Waals surface area contributed by atoms with E-state index in [0.717, 1.165) is 12.8 Å². The van der Waals surface area contributed by atoms with Crippen LogP contribution in [0.1, 0.15) is 61.6 Å². The fourth-order valence-electron chi connectivity index (χ4n) is 10.8. The second-order valence-corrected chi connectivity index (χ2v) is 16.3. The molecule has 1 spiro atoms. The Hall–Kier alpha value is -6.38. The Bertz CT molecular complexity index is 3090. The standard InChI is InChI=1S/C54H42N2/c1-4-15-36(16-5-1)37-17-14-20-41(31-37)56-50-24-11-9-22-43(50)45-32-38(25-27-51(45)56)39-26-28-52-46(33-39)47-34-49-44(35-53(47)55(52)40-18-6-2-7-19-40)42-21-8-10-23-48(42)54(49)29-12-3-13-30-54/h1-2,4-11,15-19,21-28,31-35H,3,12-14,20,29-30H2. The summed E-state index contributed by atoms with van der Waals surface area (Å²) in [5, 5.41) is 5.28. The second-order valence-electron chi connectivity index (χ2n) is 16.3. The van der Waals surface area contributed by atoms with Crippen LogP contribution in [0.15, 0.2) is 170 Å². The fourth-order valence-corrected chi connectivity index (χ4v) is 10.8. The van der Waals surface area contributed by atoms with Crippen molar-refractivity contribution in [1.82, 2.24) is 9.13 Å². The number of nitrogens with zero attached hydrogens (tertiary/aromatic N) is 2. The van der Waals surface area contributed by atoms with Gasteiger partial charge in [0.25, 0.3) is 0 Å². The van der Waals surface area contributed by atoms with Crippen molar-refractivity contribution in [3.8, 4) is 27.9 Å². The van der Waals surface area contributed by atoms with Crippen LogP contribution in [0.25, 0.3) is 82.8 Å². The van der Waals surface area contributed by atoms with Gasteiger partial charge in [-0.1, -0.05) is 128 Å². The first-order valence-electron chi connectivity index (χ1n) is 20.5. The Morgan fingerprint density at radius 3 is 1.88 bits per heavy atom. The van der Waals surface area contributed by atoms with Gasteiger partial charge in [0.05, 0.1) is 22.1 Å². The molecule has 1 fully saturated rings. The summed E-state index contributed by atoms with van der Waals surface area (Å²) >= 11 is 0. The maximum atomic E-state index is 2.61. The highest BCUT2D eigenvalue weighted by molar-refractivity contribution is 6.14. The van der Waals surface area contributed by atoms with E-state index in [2.05, 4.69) is 179 Å². The van der Waals surface area contributed by atoms with Crippen molar-refractivity contribution in [2.45, 2.75) is 50.4 Å². The van der Waals surface area contributed by atoms with Crippen molar-refractivity contribution in [2.75, 3.05) is 0 Å². The molecule has 9 aromatic rings. The lowest BCUT2D eigenvalue weighted by Crippen LogP contribution is -2.27. The van der Waals surface area contributed by atoms with Crippen molar-refractivity contribution in [3.05, 3.63) is 187 Å². The van der Waals surface area contributed by atoms with E-state index in [9.17, 15) is 0 Å². The SMILES string of the molecule is C1=C(c2ccccc2)C=C(n2c3ccccc3c3cc(-c4ccc5c(c4)c4cc6c(cc4n5-c4ccccc4)-c4ccccc4C64CCCCC4)ccc32)CC1. The van der Waals surface area contributed by atoms with E-state index in [-0.39, 0.29) is 5.41 Å². The number of rotatable bonds is 4. The summed E-state index contributed by atoms with van der Waals surface area (Å²) in [6.45, 7) is 0. The van der Waals surface area contributed by atoms with Gasteiger partial charge in [0.2, 0.25) is 0 Å². The van der Waals surface area contributed by atoms with Gasteiger partial charge in [-0.15, -0.1) is 0 Å². The topological polar surface area (TPSA) is 9.86 Å². The van der Waals surface area contributed by atoms with Gasteiger partial charge in [-0.25, -0.2) is 0 Å². The lowest BCUT2D eigenvalue weighted by molar-refractivity contribution is 0.353. The summed E-state index contributed by atoms with van der Waals surface area (Å²) in [5.41, 5.74) is 18.8. The van der Waals surface area contributed by atoms with Crippen LogP contribution < -0.4 is 0 Å². The van der Waals surface area contributed by atoms with Crippen molar-refractivity contribution in [2.24, 2.45) is 0 Å². The van der Waals surface area contributed by atoms with Gasteiger partial charge < -0.3 is 9.13 Å². The quantitative estimate of drug-likeness (QED) is 0.171. The predicted octanol–water partition coefficient (Wildman–Crippen LogP) is 14.5. The molecule has 0 atom stereocenters. The number of benzene rings is 7. The molecule has 2 nitrogen and oxygen atoms in total. The number of fused-ring (bicyclic) bond motifs is 11. The summed E-state index contributed by atoms with van der Waals surface area (Å²) in [6.07, 6.45) is 13.2. The van der Waals surface area contributed by atoms with Crippen molar-refractivity contribution in [1.29, 1.82) is 0 Å². The lowest BCUT2D eigenvalue weighted by Gasteiger charge is -2.36. The molecule has 0 unspecified atom stereocenters. The van der Waals surface area contributed by atoms with E-state index in [1.54, 1.807) is 11.1 Å². The first-order valence-corrected chi connectivity index (χ1v) is 20.5. The number of hydrogen-bond acceptors (Lipinski definition) is 0. The predicted molar refractivity (Wildman–Crippen MR) is 236 cm³/mol. The third-order valence-electron chi connectivity index (χ3n) is 13.4. The van der Waals surface area contributed by atoms with E-state index in [0.29, 0.717) is 0 Å². The largest absolute Gasteiger partial charge is 0.313 e. The molecule has 3 aliphatic carbocycles. The first kappa shape index (κ1) is 31.9. The van der Waals surface area contributed by atoms with Gasteiger partial charge in [-0.05, 0) is 131 Å². The van der Waals surface area contributed by atoms with E-state index in [1.165, 1.54) is 120 Å². The van der Waals surface area contributed by atoms with E-state index in [1.807, 2.05) is 0 Å². The molecule has 0 N–H and O–H groups in total. The Kier molecular flexibility index (Phi) is 7.02. The van der Waals surface area contributed by atoms with Gasteiger partial charge in [-0.2, -0.15) is 0 Å². The molecule has 0 radical (unpaired) electrons. The maximum absolute atomic E-state index is 2.61. The van der Waals surface area contributed by atoms with Crippen LogP contribution in [-0.2, 0) is 5.41 Å². The van der Waals surface area contributed by atoms with Crippen LogP contribution in [0.3, 0.4) is 0 Å². The molecule has 3 aliphatic rings. The van der Waals surface area contributed by atoms with Gasteiger partial charge in [0.15, 0.2) is 0 Å². The zero-order chi connectivity index (χ0) is 36.8. The van der Waals surface area contributed by atoms with E-state index < -0.39 is 0 Å². The van der Waals surface area contributed by atoms with Crippen LogP contribution in [0, 0.1) is 0 Å². The minimum Gasteiger partial charge on any atom is -0.313 e. The summed E-state index contributed by atoms with van der Waals surface area (Å²) in [5.74, 6) is 0. The van der Waals surface area contributed by atoms with Crippen LogP contribution in [-0.4, -0.2) is 9.13 Å². The minimum atomic E-state index is 0.113. The maximum Gasteiger partial charge on any atom is 0.0547 e. The highest BCUT2D eigenvalue weighted by Gasteiger charge is 2.44. The minimum absolute atomic E-state index is 0.113. The number of hydrogen-bond donors (Lipinski definition) is 0. The highest BCUT2D eigenvalue weighted by Crippen LogP contribution is 2.57. The van der Waals surface area contributed by atoms with Crippen LogP contribution >= 0.6 is 0 Å². The summed E-state index contributed by atoms with van der Waals surface area (Å²) < 4.78 is 5.01. The van der Waals surface area contributed by atoms with Crippen molar-refractivity contribution in [3.63, 3.8) is 0 Å². The van der Waals surface area contributed by atoms with Crippen LogP contribution in [0.2, 0.25) is 0 Å². The molecule has 1 saturated carbocycles. The number of aromatic nitrogens is 2. The van der Waals surface area contributed by atoms with Gasteiger partial charge >= 0.3 is 0 Å². The summed E-state index contributed by atoms with van der Waals surface area (Å²) in [7, 11) is 0. The molecule has 0 saturated heterocycles. The molecule has 2 aromatic heterocycles. The third-order valence-corrected chi connectivity index (χ3v) is 13.4. The van der Waals surface area contributed by atoms with E-state index in [4.69, 9.17) is 0 Å². The molecule has 7 aromatic carbocycles. The number of allylic oxidation sites excluding steroid dienone is 4. The Balaban J connectivity index is 1.05. The average molecular weight is 719 g/mol.